The number of non-ortho nitro benzene ring substituents is 1. The Labute approximate surface area is 160 Å². The molecule has 2 N–H and O–H groups in total. The van der Waals surface area contributed by atoms with Gasteiger partial charge in [-0.3, -0.25) is 10.1 Å². The Bertz CT molecular complexity index is 1030. The molecule has 3 aromatic rings. The summed E-state index contributed by atoms with van der Waals surface area (Å²) in [6.45, 7) is 2.72. The Kier molecular flexibility index (Phi) is 4.84. The number of rotatable bonds is 6. The topological polar surface area (TPSA) is 112 Å². The van der Waals surface area contributed by atoms with E-state index in [1.807, 2.05) is 28.8 Å². The molecule has 0 aliphatic carbocycles. The molecule has 1 aliphatic heterocycles. The largest absolute Gasteiger partial charge is 0.467 e. The van der Waals surface area contributed by atoms with E-state index in [2.05, 4.69) is 10.3 Å². The van der Waals surface area contributed by atoms with Crippen molar-refractivity contribution in [3.05, 3.63) is 57.6 Å². The molecule has 1 aliphatic rings. The van der Waals surface area contributed by atoms with Crippen LogP contribution in [0.3, 0.4) is 0 Å². The van der Waals surface area contributed by atoms with E-state index in [0.717, 1.165) is 11.0 Å². The molecule has 9 heteroatoms. The van der Waals surface area contributed by atoms with Crippen LogP contribution < -0.4 is 10.1 Å². The van der Waals surface area contributed by atoms with Crippen molar-refractivity contribution in [2.24, 2.45) is 0 Å². The van der Waals surface area contributed by atoms with Crippen LogP contribution in [0, 0.1) is 10.1 Å². The summed E-state index contributed by atoms with van der Waals surface area (Å²) in [5.41, 5.74) is 2.99. The average molecular weight is 384 g/mol. The molecule has 146 valence electrons. The lowest BCUT2D eigenvalue weighted by atomic mass is 10.1. The normalized spacial score (nSPS) is 14.4. The maximum atomic E-state index is 11.4. The van der Waals surface area contributed by atoms with E-state index in [0.29, 0.717) is 35.9 Å². The van der Waals surface area contributed by atoms with E-state index in [1.165, 1.54) is 12.1 Å². The molecule has 2 heterocycles. The van der Waals surface area contributed by atoms with Crippen molar-refractivity contribution in [2.75, 3.05) is 18.7 Å². The SMILES string of the molecule is C[C@@H](O)CNc1nc2ccccc2n1Cc1cc([N+](=O)[O-])cc2c1OCOC2. The van der Waals surface area contributed by atoms with Crippen LogP contribution >= 0.6 is 0 Å². The van der Waals surface area contributed by atoms with Gasteiger partial charge in [-0.05, 0) is 19.1 Å². The van der Waals surface area contributed by atoms with Gasteiger partial charge in [0.2, 0.25) is 5.95 Å². The van der Waals surface area contributed by atoms with Crippen LogP contribution in [-0.2, 0) is 17.9 Å². The second-order valence-corrected chi connectivity index (χ2v) is 6.70. The lowest BCUT2D eigenvalue weighted by molar-refractivity contribution is -0.385. The molecular weight excluding hydrogens is 364 g/mol. The number of aromatic nitrogens is 2. The molecule has 1 atom stereocenters. The lowest BCUT2D eigenvalue weighted by Crippen LogP contribution is -2.19. The first-order chi connectivity index (χ1) is 13.5. The number of nitrogens with one attached hydrogen (secondary N) is 1. The van der Waals surface area contributed by atoms with Crippen LogP contribution in [0.15, 0.2) is 36.4 Å². The molecule has 0 saturated heterocycles. The van der Waals surface area contributed by atoms with Crippen LogP contribution in [0.4, 0.5) is 11.6 Å². The van der Waals surface area contributed by atoms with Gasteiger partial charge in [0.05, 0.1) is 35.2 Å². The Morgan fingerprint density at radius 3 is 3.00 bits per heavy atom. The quantitative estimate of drug-likeness (QED) is 0.496. The fraction of sp³-hybridized carbons (Fsp3) is 0.316. The second-order valence-electron chi connectivity index (χ2n) is 6.70. The van der Waals surface area contributed by atoms with Gasteiger partial charge in [-0.25, -0.2) is 4.98 Å². The molecule has 2 aromatic carbocycles. The molecule has 9 nitrogen and oxygen atoms in total. The summed E-state index contributed by atoms with van der Waals surface area (Å²) in [5.74, 6) is 1.19. The number of aliphatic hydroxyl groups excluding tert-OH is 1. The fourth-order valence-corrected chi connectivity index (χ4v) is 3.28. The number of nitrogens with zero attached hydrogens (tertiary/aromatic N) is 3. The molecule has 4 rings (SSSR count). The summed E-state index contributed by atoms with van der Waals surface area (Å²) in [4.78, 5) is 15.5. The first-order valence-electron chi connectivity index (χ1n) is 8.91. The third-order valence-electron chi connectivity index (χ3n) is 4.52. The minimum atomic E-state index is -0.542. The Hall–Kier alpha value is -3.17. The van der Waals surface area contributed by atoms with Crippen molar-refractivity contribution in [1.29, 1.82) is 0 Å². The van der Waals surface area contributed by atoms with E-state index in [4.69, 9.17) is 9.47 Å². The third-order valence-corrected chi connectivity index (χ3v) is 4.52. The van der Waals surface area contributed by atoms with Gasteiger partial charge in [0, 0.05) is 29.8 Å². The molecule has 28 heavy (non-hydrogen) atoms. The van der Waals surface area contributed by atoms with Crippen LogP contribution in [-0.4, -0.2) is 39.0 Å². The number of nitro groups is 1. The summed E-state index contributed by atoms with van der Waals surface area (Å²) in [5, 5.41) is 24.1. The van der Waals surface area contributed by atoms with E-state index in [9.17, 15) is 15.2 Å². The van der Waals surface area contributed by atoms with E-state index >= 15 is 0 Å². The number of anilines is 1. The number of ether oxygens (including phenoxy) is 2. The monoisotopic (exact) mass is 384 g/mol. The second kappa shape index (κ2) is 7.45. The van der Waals surface area contributed by atoms with Crippen molar-refractivity contribution in [2.45, 2.75) is 26.2 Å². The van der Waals surface area contributed by atoms with E-state index in [1.54, 1.807) is 6.92 Å². The maximum Gasteiger partial charge on any atom is 0.270 e. The zero-order valence-electron chi connectivity index (χ0n) is 15.3. The smallest absolute Gasteiger partial charge is 0.270 e. The van der Waals surface area contributed by atoms with Gasteiger partial charge in [-0.1, -0.05) is 12.1 Å². The highest BCUT2D eigenvalue weighted by molar-refractivity contribution is 5.78. The maximum absolute atomic E-state index is 11.4. The Balaban J connectivity index is 1.80. The van der Waals surface area contributed by atoms with Gasteiger partial charge in [0.1, 0.15) is 5.75 Å². The van der Waals surface area contributed by atoms with Crippen molar-refractivity contribution < 1.29 is 19.5 Å². The third kappa shape index (κ3) is 3.49. The summed E-state index contributed by atoms with van der Waals surface area (Å²) >= 11 is 0. The number of para-hydroxylation sites is 2. The average Bonchev–Trinajstić information content (AvgIpc) is 3.04. The number of benzene rings is 2. The van der Waals surface area contributed by atoms with Crippen molar-refractivity contribution >= 4 is 22.7 Å². The summed E-state index contributed by atoms with van der Waals surface area (Å²) < 4.78 is 12.9. The van der Waals surface area contributed by atoms with Crippen LogP contribution in [0.5, 0.6) is 5.75 Å². The molecule has 0 fully saturated rings. The predicted molar refractivity (Wildman–Crippen MR) is 102 cm³/mol. The number of hydrogen-bond donors (Lipinski definition) is 2. The molecule has 0 spiro atoms. The van der Waals surface area contributed by atoms with Gasteiger partial charge in [0.25, 0.3) is 5.69 Å². The number of nitro benzene ring substituents is 1. The summed E-state index contributed by atoms with van der Waals surface area (Å²) in [6, 6.07) is 10.6. The highest BCUT2D eigenvalue weighted by Crippen LogP contribution is 2.34. The van der Waals surface area contributed by atoms with Crippen LogP contribution in [0.25, 0.3) is 11.0 Å². The first kappa shape index (κ1) is 18.2. The molecular formula is C19H20N4O5. The zero-order chi connectivity index (χ0) is 19.7. The van der Waals surface area contributed by atoms with Crippen molar-refractivity contribution in [3.8, 4) is 5.75 Å². The molecule has 0 bridgehead atoms. The fourth-order valence-electron chi connectivity index (χ4n) is 3.28. The number of hydrogen-bond acceptors (Lipinski definition) is 7. The minimum absolute atomic E-state index is 0.00856. The van der Waals surface area contributed by atoms with Crippen LogP contribution in [0.2, 0.25) is 0 Å². The first-order valence-corrected chi connectivity index (χ1v) is 8.91. The van der Waals surface area contributed by atoms with E-state index in [-0.39, 0.29) is 19.1 Å². The van der Waals surface area contributed by atoms with Gasteiger partial charge < -0.3 is 24.5 Å². The van der Waals surface area contributed by atoms with E-state index < -0.39 is 11.0 Å². The predicted octanol–water partition coefficient (Wildman–Crippen LogP) is 2.65. The molecule has 0 radical (unpaired) electrons. The van der Waals surface area contributed by atoms with Crippen molar-refractivity contribution in [1.82, 2.24) is 9.55 Å². The molecule has 1 aromatic heterocycles. The van der Waals surface area contributed by atoms with Gasteiger partial charge in [0.15, 0.2) is 6.79 Å². The zero-order valence-corrected chi connectivity index (χ0v) is 15.3. The summed E-state index contributed by atoms with van der Waals surface area (Å²) in [6.07, 6.45) is -0.542. The number of fused-ring (bicyclic) bond motifs is 2. The van der Waals surface area contributed by atoms with Gasteiger partial charge in [-0.2, -0.15) is 0 Å². The minimum Gasteiger partial charge on any atom is -0.467 e. The van der Waals surface area contributed by atoms with Crippen LogP contribution in [0.1, 0.15) is 18.1 Å². The Morgan fingerprint density at radius 2 is 2.21 bits per heavy atom. The summed E-state index contributed by atoms with van der Waals surface area (Å²) in [7, 11) is 0. The lowest BCUT2D eigenvalue weighted by Gasteiger charge is -2.21. The number of imidazole rings is 1. The van der Waals surface area contributed by atoms with Gasteiger partial charge >= 0.3 is 0 Å². The van der Waals surface area contributed by atoms with Crippen molar-refractivity contribution in [3.63, 3.8) is 0 Å². The standard InChI is InChI=1S/C19H20N4O5/c1-12(24)8-20-19-21-16-4-2-3-5-17(16)22(19)9-13-6-15(23(25)26)7-14-10-27-11-28-18(13)14/h2-7,12,24H,8-11H2,1H3,(H,20,21)/t12-/m1/s1. The highest BCUT2D eigenvalue weighted by atomic mass is 16.7. The molecule has 0 saturated carbocycles. The highest BCUT2D eigenvalue weighted by Gasteiger charge is 2.22. The number of aliphatic hydroxyl groups is 1. The molecule has 0 amide bonds. The Morgan fingerprint density at radius 1 is 1.39 bits per heavy atom. The van der Waals surface area contributed by atoms with Gasteiger partial charge in [-0.15, -0.1) is 0 Å². The molecule has 0 unspecified atom stereocenters.